The summed E-state index contributed by atoms with van der Waals surface area (Å²) in [5.74, 6) is 2.86. The predicted octanol–water partition coefficient (Wildman–Crippen LogP) is 6.14. The monoisotopic (exact) mass is 316 g/mol. The van der Waals surface area contributed by atoms with Gasteiger partial charge in [0.25, 0.3) is 0 Å². The zero-order valence-electron chi connectivity index (χ0n) is 12.6. The van der Waals surface area contributed by atoms with Gasteiger partial charge in [-0.15, -0.1) is 0 Å². The summed E-state index contributed by atoms with van der Waals surface area (Å²) < 4.78 is 23.1. The van der Waals surface area contributed by atoms with E-state index in [1.165, 1.54) is 0 Å². The summed E-state index contributed by atoms with van der Waals surface area (Å²) in [6, 6.07) is 14.9. The van der Waals surface area contributed by atoms with Crippen molar-refractivity contribution in [1.82, 2.24) is 0 Å². The molecular weight excluding hydrogens is 304 g/mol. The second-order valence-electron chi connectivity index (χ2n) is 5.54. The average Bonchev–Trinajstić information content (AvgIpc) is 3.32. The Morgan fingerprint density at radius 2 is 0.833 bits per heavy atom. The molecule has 0 atom stereocenters. The second-order valence-corrected chi connectivity index (χ2v) is 5.54. The van der Waals surface area contributed by atoms with Gasteiger partial charge in [0.05, 0.1) is 36.4 Å². The van der Waals surface area contributed by atoms with Gasteiger partial charge < -0.3 is 8.83 Å². The number of hydrogen-bond acceptors (Lipinski definition) is 2. The predicted molar refractivity (Wildman–Crippen MR) is 92.4 cm³/mol. The Morgan fingerprint density at radius 1 is 0.458 bits per heavy atom. The van der Waals surface area contributed by atoms with Crippen molar-refractivity contribution in [3.63, 3.8) is 0 Å². The first-order valence-electron chi connectivity index (χ1n) is 7.59. The zero-order chi connectivity index (χ0) is 15.9. The number of fused-ring (bicyclic) bond motifs is 8. The van der Waals surface area contributed by atoms with Crippen molar-refractivity contribution < 1.29 is 17.7 Å². The van der Waals surface area contributed by atoms with Crippen LogP contribution in [-0.4, -0.2) is 0 Å². The first kappa shape index (κ1) is 13.1. The Morgan fingerprint density at radius 3 is 1.29 bits per heavy atom. The number of rotatable bonds is 0. The molecule has 8 bridgehead atoms. The van der Waals surface area contributed by atoms with Gasteiger partial charge in [-0.05, 0) is 24.3 Å². The van der Waals surface area contributed by atoms with Crippen molar-refractivity contribution in [3.8, 4) is 0 Å². The van der Waals surface area contributed by atoms with Crippen LogP contribution in [0.2, 0.25) is 0 Å². The fourth-order valence-electron chi connectivity index (χ4n) is 2.66. The van der Waals surface area contributed by atoms with Crippen molar-refractivity contribution in [3.05, 3.63) is 71.6 Å². The van der Waals surface area contributed by atoms with Crippen LogP contribution < -0.4 is 0 Å². The van der Waals surface area contributed by atoms with Crippen molar-refractivity contribution in [1.29, 1.82) is 0 Å². The lowest BCUT2D eigenvalue weighted by Crippen LogP contribution is -1.65. The summed E-state index contributed by atoms with van der Waals surface area (Å²) >= 11 is 0. The summed E-state index contributed by atoms with van der Waals surface area (Å²) in [5, 5.41) is 0. The van der Waals surface area contributed by atoms with Crippen molar-refractivity contribution in [2.75, 3.05) is 0 Å². The van der Waals surface area contributed by atoms with E-state index in [2.05, 4.69) is 0 Å². The molecule has 114 valence electrons. The lowest BCUT2D eigenvalue weighted by Gasteiger charge is -1.79. The Labute approximate surface area is 136 Å². The van der Waals surface area contributed by atoms with E-state index in [0.29, 0.717) is 45.4 Å². The van der Waals surface area contributed by atoms with Crippen LogP contribution in [0.3, 0.4) is 0 Å². The molecule has 0 fully saturated rings. The quantitative estimate of drug-likeness (QED) is 0.322. The van der Waals surface area contributed by atoms with Gasteiger partial charge in [0.15, 0.2) is 0 Å². The summed E-state index contributed by atoms with van der Waals surface area (Å²) in [4.78, 5) is 0. The number of furan rings is 2. The molecule has 0 radical (unpaired) electrons. The van der Waals surface area contributed by atoms with Crippen LogP contribution in [0.15, 0.2) is 66.2 Å². The van der Waals surface area contributed by atoms with Crippen LogP contribution in [0.4, 0.5) is 0 Å². The Balaban J connectivity index is 1.85. The molecule has 5 rings (SSSR count). The molecule has 0 aliphatic carbocycles. The van der Waals surface area contributed by atoms with E-state index >= 15 is 0 Å². The van der Waals surface area contributed by atoms with Gasteiger partial charge in [-0.3, -0.25) is 0 Å². The first-order valence-corrected chi connectivity index (χ1v) is 7.59. The molecule has 0 unspecified atom stereocenters. The van der Waals surface area contributed by atoms with Gasteiger partial charge >= 0.3 is 23.0 Å². The maximum atomic E-state index is 5.77. The highest BCUT2D eigenvalue weighted by Crippen LogP contribution is 2.22. The van der Waals surface area contributed by atoms with Gasteiger partial charge in [0.1, 0.15) is 28.4 Å². The molecule has 24 heavy (non-hydrogen) atoms. The maximum Gasteiger partial charge on any atom is 0.363 e. The van der Waals surface area contributed by atoms with Crippen LogP contribution >= 0.6 is 0 Å². The first-order chi connectivity index (χ1) is 11.8. The topological polar surface area (TPSA) is 48.9 Å². The smallest absolute Gasteiger partial charge is 0.363 e. The molecular formula is C20H12O4+2. The molecule has 3 aromatic heterocycles. The maximum absolute atomic E-state index is 5.77. The standard InChI is InChI=1S/C20H12O4/c1-2-14-10-16-5-6-18(23-16)12-20-8-7-19(24-20)11-17-4-3-15(22-17)9-13(1)21-14/h1-12H/q+2. The van der Waals surface area contributed by atoms with Gasteiger partial charge in [-0.2, -0.15) is 0 Å². The van der Waals surface area contributed by atoms with E-state index in [1.807, 2.05) is 72.8 Å². The van der Waals surface area contributed by atoms with Crippen molar-refractivity contribution >= 4 is 46.6 Å². The molecule has 4 nitrogen and oxygen atoms in total. The van der Waals surface area contributed by atoms with Crippen LogP contribution in [-0.2, 0) is 0 Å². The van der Waals surface area contributed by atoms with E-state index in [9.17, 15) is 0 Å². The third-order valence-electron chi connectivity index (χ3n) is 3.73. The molecule has 0 N–H and O–H groups in total. The van der Waals surface area contributed by atoms with E-state index < -0.39 is 0 Å². The van der Waals surface area contributed by atoms with Crippen LogP contribution in [0.25, 0.3) is 46.6 Å². The minimum absolute atomic E-state index is 0.716. The van der Waals surface area contributed by atoms with Crippen LogP contribution in [0.1, 0.15) is 23.0 Å². The minimum Gasteiger partial charge on any atom is -0.457 e. The molecule has 0 saturated heterocycles. The molecule has 4 heteroatoms. The van der Waals surface area contributed by atoms with Gasteiger partial charge in [-0.1, -0.05) is 0 Å². The lowest BCUT2D eigenvalue weighted by molar-refractivity contribution is 0.523. The molecule has 0 amide bonds. The second kappa shape index (κ2) is 5.06. The summed E-state index contributed by atoms with van der Waals surface area (Å²) in [6.45, 7) is 0. The number of hydrogen-bond donors (Lipinski definition) is 0. The molecule has 5 heterocycles. The van der Waals surface area contributed by atoms with Crippen molar-refractivity contribution in [2.45, 2.75) is 0 Å². The van der Waals surface area contributed by atoms with E-state index in [0.717, 1.165) is 0 Å². The van der Waals surface area contributed by atoms with Crippen LogP contribution in [0.5, 0.6) is 0 Å². The molecule has 3 aromatic rings. The Kier molecular flexibility index (Phi) is 2.76. The summed E-state index contributed by atoms with van der Waals surface area (Å²) in [6.07, 6.45) is 7.57. The highest BCUT2D eigenvalue weighted by Gasteiger charge is 2.19. The lowest BCUT2D eigenvalue weighted by atomic mass is 10.3. The largest absolute Gasteiger partial charge is 0.457 e. The average molecular weight is 316 g/mol. The van der Waals surface area contributed by atoms with Gasteiger partial charge in [0, 0.05) is 6.07 Å². The normalized spacial score (nSPS) is 12.7. The van der Waals surface area contributed by atoms with Gasteiger partial charge in [0.2, 0.25) is 0 Å². The molecule has 2 aliphatic heterocycles. The Bertz CT molecular complexity index is 1070. The van der Waals surface area contributed by atoms with E-state index in [-0.39, 0.29) is 0 Å². The fraction of sp³-hybridized carbons (Fsp3) is 0. The zero-order valence-corrected chi connectivity index (χ0v) is 12.6. The minimum atomic E-state index is 0.716. The highest BCUT2D eigenvalue weighted by atomic mass is 16.4. The third kappa shape index (κ3) is 2.44. The van der Waals surface area contributed by atoms with Gasteiger partial charge in [-0.25, -0.2) is 8.83 Å². The molecule has 0 saturated carbocycles. The molecule has 0 spiro atoms. The molecule has 0 aromatic carbocycles. The Hall–Kier alpha value is -3.40. The molecule has 2 aliphatic rings. The van der Waals surface area contributed by atoms with E-state index in [4.69, 9.17) is 17.7 Å². The fourth-order valence-corrected chi connectivity index (χ4v) is 2.66. The SMILES string of the molecule is C1=Cc2cc3ccc(cc4ccc(cc5[o+]c(cc1[o+]2)C=C5)o4)o3. The third-order valence-corrected chi connectivity index (χ3v) is 3.73. The summed E-state index contributed by atoms with van der Waals surface area (Å²) in [5.41, 5.74) is 2.86. The van der Waals surface area contributed by atoms with E-state index in [1.54, 1.807) is 0 Å². The van der Waals surface area contributed by atoms with Crippen molar-refractivity contribution in [2.24, 2.45) is 0 Å². The summed E-state index contributed by atoms with van der Waals surface area (Å²) in [7, 11) is 0. The highest BCUT2D eigenvalue weighted by molar-refractivity contribution is 5.74. The van der Waals surface area contributed by atoms with Crippen LogP contribution in [0, 0.1) is 0 Å².